The van der Waals surface area contributed by atoms with Crippen molar-refractivity contribution in [3.8, 4) is 0 Å². The van der Waals surface area contributed by atoms with Crippen molar-refractivity contribution in [3.05, 3.63) is 54.1 Å². The molecule has 1 heterocycles. The molecule has 0 bridgehead atoms. The molecule has 0 radical (unpaired) electrons. The number of sulfonamides is 1. The van der Waals surface area contributed by atoms with Gasteiger partial charge < -0.3 is 9.80 Å². The summed E-state index contributed by atoms with van der Waals surface area (Å²) in [7, 11) is -1.67. The van der Waals surface area contributed by atoms with Crippen LogP contribution in [-0.4, -0.2) is 40.5 Å². The number of carbonyl (C=O) groups excluding carboxylic acids is 1. The normalized spacial score (nSPS) is 14.7. The number of hydrogen-bond donors (Lipinski definition) is 1. The molecule has 0 aromatic heterocycles. The Balaban J connectivity index is 1.69. The van der Waals surface area contributed by atoms with Crippen LogP contribution in [0.2, 0.25) is 0 Å². The third kappa shape index (κ3) is 4.14. The molecule has 2 aromatic carbocycles. The molecule has 6 nitrogen and oxygen atoms in total. The Morgan fingerprint density at radius 1 is 1.22 bits per heavy atom. The maximum Gasteiger partial charge on any atom is 0.240 e. The summed E-state index contributed by atoms with van der Waals surface area (Å²) in [6, 6.07) is 14.8. The standard InChI is InChI=1S/C20H25N3O3S/c1-15(22(3)18-7-5-4-6-8-18)14-21-27(25,26)19-9-10-20-17(13-19)11-12-23(20)16(2)24/h4-10,13,15,21H,11-12,14H2,1-3H3/t15-/m1/s1. The van der Waals surface area contributed by atoms with Gasteiger partial charge in [-0.1, -0.05) is 18.2 Å². The van der Waals surface area contributed by atoms with Crippen LogP contribution in [0.25, 0.3) is 0 Å². The van der Waals surface area contributed by atoms with E-state index in [0.717, 1.165) is 16.9 Å². The third-order valence-electron chi connectivity index (χ3n) is 5.03. The number of fused-ring (bicyclic) bond motifs is 1. The highest BCUT2D eigenvalue weighted by Gasteiger charge is 2.25. The topological polar surface area (TPSA) is 69.7 Å². The van der Waals surface area contributed by atoms with Crippen molar-refractivity contribution in [2.75, 3.05) is 29.9 Å². The zero-order valence-corrected chi connectivity index (χ0v) is 16.7. The van der Waals surface area contributed by atoms with E-state index in [1.165, 1.54) is 6.92 Å². The quantitative estimate of drug-likeness (QED) is 0.826. The average molecular weight is 388 g/mol. The van der Waals surface area contributed by atoms with Gasteiger partial charge in [-0.2, -0.15) is 0 Å². The fourth-order valence-corrected chi connectivity index (χ4v) is 4.41. The fourth-order valence-electron chi connectivity index (χ4n) is 3.24. The Labute approximate surface area is 160 Å². The van der Waals surface area contributed by atoms with Crippen LogP contribution in [0.5, 0.6) is 0 Å². The second-order valence-corrected chi connectivity index (χ2v) is 8.63. The zero-order chi connectivity index (χ0) is 19.6. The number of benzene rings is 2. The molecule has 144 valence electrons. The lowest BCUT2D eigenvalue weighted by molar-refractivity contribution is -0.116. The van der Waals surface area contributed by atoms with Gasteiger partial charge >= 0.3 is 0 Å². The maximum atomic E-state index is 12.7. The van der Waals surface area contributed by atoms with Crippen LogP contribution in [0.1, 0.15) is 19.4 Å². The minimum absolute atomic E-state index is 0.00944. The number of para-hydroxylation sites is 1. The van der Waals surface area contributed by atoms with Gasteiger partial charge in [0, 0.05) is 44.5 Å². The van der Waals surface area contributed by atoms with E-state index in [2.05, 4.69) is 4.72 Å². The third-order valence-corrected chi connectivity index (χ3v) is 6.45. The molecule has 3 rings (SSSR count). The van der Waals surface area contributed by atoms with Crippen LogP contribution < -0.4 is 14.5 Å². The molecule has 1 amide bonds. The molecule has 27 heavy (non-hydrogen) atoms. The van der Waals surface area contributed by atoms with Crippen LogP contribution in [0.15, 0.2) is 53.4 Å². The Bertz CT molecular complexity index is 929. The van der Waals surface area contributed by atoms with Gasteiger partial charge in [-0.3, -0.25) is 4.79 Å². The smallest absolute Gasteiger partial charge is 0.240 e. The summed E-state index contributed by atoms with van der Waals surface area (Å²) in [5.41, 5.74) is 2.73. The monoisotopic (exact) mass is 387 g/mol. The van der Waals surface area contributed by atoms with Crippen LogP contribution >= 0.6 is 0 Å². The summed E-state index contributed by atoms with van der Waals surface area (Å²) in [5.74, 6) is -0.0275. The van der Waals surface area contributed by atoms with Gasteiger partial charge in [-0.25, -0.2) is 13.1 Å². The molecule has 1 aliphatic heterocycles. The molecule has 0 saturated carbocycles. The van der Waals surface area contributed by atoms with Gasteiger partial charge in [0.2, 0.25) is 15.9 Å². The SMILES string of the molecule is CC(=O)N1CCc2cc(S(=O)(=O)NC[C@@H](C)N(C)c3ccccc3)ccc21. The van der Waals surface area contributed by atoms with Gasteiger partial charge in [-0.05, 0) is 49.2 Å². The molecule has 0 aliphatic carbocycles. The first-order chi connectivity index (χ1) is 12.8. The number of likely N-dealkylation sites (N-methyl/N-ethyl adjacent to an activating group) is 1. The first-order valence-electron chi connectivity index (χ1n) is 8.98. The summed E-state index contributed by atoms with van der Waals surface area (Å²) >= 11 is 0. The van der Waals surface area contributed by atoms with Crippen molar-refractivity contribution >= 4 is 27.3 Å². The van der Waals surface area contributed by atoms with Crippen molar-refractivity contribution in [2.24, 2.45) is 0 Å². The van der Waals surface area contributed by atoms with Gasteiger partial charge in [0.15, 0.2) is 0 Å². The Hall–Kier alpha value is -2.38. The van der Waals surface area contributed by atoms with E-state index in [9.17, 15) is 13.2 Å². The zero-order valence-electron chi connectivity index (χ0n) is 15.8. The molecule has 7 heteroatoms. The molecule has 0 unspecified atom stereocenters. The second-order valence-electron chi connectivity index (χ2n) is 6.86. The summed E-state index contributed by atoms with van der Waals surface area (Å²) in [6.45, 7) is 4.39. The number of nitrogens with zero attached hydrogens (tertiary/aromatic N) is 2. The molecule has 0 fully saturated rings. The summed E-state index contributed by atoms with van der Waals surface area (Å²) in [5, 5.41) is 0. The van der Waals surface area contributed by atoms with E-state index in [4.69, 9.17) is 0 Å². The predicted octanol–water partition coefficient (Wildman–Crippen LogP) is 2.40. The van der Waals surface area contributed by atoms with Gasteiger partial charge in [0.05, 0.1) is 4.90 Å². The maximum absolute atomic E-state index is 12.7. The molecular weight excluding hydrogens is 362 g/mol. The van der Waals surface area contributed by atoms with Crippen molar-refractivity contribution in [1.82, 2.24) is 4.72 Å². The highest BCUT2D eigenvalue weighted by molar-refractivity contribution is 7.89. The molecule has 0 spiro atoms. The summed E-state index contributed by atoms with van der Waals surface area (Å²) in [6.07, 6.45) is 0.672. The first kappa shape index (κ1) is 19.4. The molecule has 1 aliphatic rings. The summed E-state index contributed by atoms with van der Waals surface area (Å²) in [4.78, 5) is 15.6. The second kappa shape index (κ2) is 7.70. The van der Waals surface area contributed by atoms with Crippen LogP contribution in [-0.2, 0) is 21.2 Å². The minimum Gasteiger partial charge on any atom is -0.371 e. The number of nitrogens with one attached hydrogen (secondary N) is 1. The van der Waals surface area contributed by atoms with Crippen LogP contribution in [0.4, 0.5) is 11.4 Å². The number of hydrogen-bond acceptors (Lipinski definition) is 4. The van der Waals surface area contributed by atoms with E-state index in [0.29, 0.717) is 19.5 Å². The lowest BCUT2D eigenvalue weighted by atomic mass is 10.2. The molecule has 1 N–H and O–H groups in total. The Morgan fingerprint density at radius 2 is 1.93 bits per heavy atom. The lowest BCUT2D eigenvalue weighted by Gasteiger charge is -2.27. The summed E-state index contributed by atoms with van der Waals surface area (Å²) < 4.78 is 28.1. The van der Waals surface area contributed by atoms with E-state index in [-0.39, 0.29) is 16.8 Å². The highest BCUT2D eigenvalue weighted by Crippen LogP contribution is 2.30. The average Bonchev–Trinajstić information content (AvgIpc) is 3.10. The van der Waals surface area contributed by atoms with Crippen molar-refractivity contribution in [1.29, 1.82) is 0 Å². The number of rotatable bonds is 6. The predicted molar refractivity (Wildman–Crippen MR) is 108 cm³/mol. The minimum atomic E-state index is -3.61. The molecule has 2 aromatic rings. The number of anilines is 2. The largest absolute Gasteiger partial charge is 0.371 e. The van der Waals surface area contributed by atoms with Crippen molar-refractivity contribution in [3.63, 3.8) is 0 Å². The number of carbonyl (C=O) groups is 1. The lowest BCUT2D eigenvalue weighted by Crippen LogP contribution is -2.40. The highest BCUT2D eigenvalue weighted by atomic mass is 32.2. The van der Waals surface area contributed by atoms with Crippen LogP contribution in [0.3, 0.4) is 0 Å². The van der Waals surface area contributed by atoms with Crippen LogP contribution in [0, 0.1) is 0 Å². The Kier molecular flexibility index (Phi) is 5.53. The van der Waals surface area contributed by atoms with E-state index in [1.54, 1.807) is 23.1 Å². The Morgan fingerprint density at radius 3 is 2.59 bits per heavy atom. The van der Waals surface area contributed by atoms with E-state index < -0.39 is 10.0 Å². The van der Waals surface area contributed by atoms with Gasteiger partial charge in [0.25, 0.3) is 0 Å². The van der Waals surface area contributed by atoms with Gasteiger partial charge in [-0.15, -0.1) is 0 Å². The van der Waals surface area contributed by atoms with Gasteiger partial charge in [0.1, 0.15) is 0 Å². The first-order valence-corrected chi connectivity index (χ1v) is 10.5. The van der Waals surface area contributed by atoms with E-state index in [1.807, 2.05) is 49.2 Å². The molecule has 0 saturated heterocycles. The van der Waals surface area contributed by atoms with E-state index >= 15 is 0 Å². The van der Waals surface area contributed by atoms with Crippen molar-refractivity contribution < 1.29 is 13.2 Å². The molecule has 1 atom stereocenters. The fraction of sp³-hybridized carbons (Fsp3) is 0.350. The molecular formula is C20H25N3O3S. The van der Waals surface area contributed by atoms with Crippen molar-refractivity contribution in [2.45, 2.75) is 31.2 Å². The number of amides is 1.